The van der Waals surface area contributed by atoms with Gasteiger partial charge in [0.15, 0.2) is 0 Å². The van der Waals surface area contributed by atoms with Crippen molar-refractivity contribution in [3.63, 3.8) is 0 Å². The maximum Gasteiger partial charge on any atom is 0.252 e. The molecule has 1 amide bonds. The zero-order chi connectivity index (χ0) is 24.2. The number of carbonyl (C=O) groups is 1. The van der Waals surface area contributed by atoms with Crippen LogP contribution in [0.4, 0.5) is 0 Å². The second-order valence-corrected chi connectivity index (χ2v) is 8.82. The highest BCUT2D eigenvalue weighted by molar-refractivity contribution is 7.98. The van der Waals surface area contributed by atoms with Crippen molar-refractivity contribution in [3.05, 3.63) is 54.1 Å². The van der Waals surface area contributed by atoms with Gasteiger partial charge in [-0.2, -0.15) is 5.10 Å². The van der Waals surface area contributed by atoms with E-state index in [1.165, 1.54) is 6.42 Å². The maximum absolute atomic E-state index is 13.2. The van der Waals surface area contributed by atoms with Gasteiger partial charge in [-0.3, -0.25) is 14.5 Å². The molecule has 7 heteroatoms. The lowest BCUT2D eigenvalue weighted by atomic mass is 10.0. The minimum Gasteiger partial charge on any atom is -0.381 e. The second kappa shape index (κ2) is 14.0. The first-order chi connectivity index (χ1) is 16.0. The van der Waals surface area contributed by atoms with Crippen LogP contribution in [0.1, 0.15) is 82.3 Å². The van der Waals surface area contributed by atoms with Gasteiger partial charge in [-0.15, -0.1) is 11.8 Å². The van der Waals surface area contributed by atoms with Crippen LogP contribution in [-0.2, 0) is 9.53 Å². The number of carbonyl (C=O) groups excluding carboxylic acids is 1. The molecule has 1 N–H and O–H groups in total. The zero-order valence-corrected chi connectivity index (χ0v) is 21.5. The summed E-state index contributed by atoms with van der Waals surface area (Å²) in [7, 11) is 0. The van der Waals surface area contributed by atoms with E-state index in [1.807, 2.05) is 36.3 Å². The fourth-order valence-corrected chi connectivity index (χ4v) is 4.23. The number of hydrogen-bond donors (Lipinski definition) is 1. The van der Waals surface area contributed by atoms with E-state index in [2.05, 4.69) is 48.8 Å². The summed E-state index contributed by atoms with van der Waals surface area (Å²) < 4.78 is 7.46. The van der Waals surface area contributed by atoms with E-state index in [9.17, 15) is 4.79 Å². The van der Waals surface area contributed by atoms with Crippen LogP contribution in [0.15, 0.2) is 42.2 Å². The second-order valence-electron chi connectivity index (χ2n) is 7.94. The number of pyridine rings is 1. The van der Waals surface area contributed by atoms with Gasteiger partial charge in [0, 0.05) is 41.6 Å². The van der Waals surface area contributed by atoms with Crippen molar-refractivity contribution in [1.29, 1.82) is 0 Å². The molecule has 0 saturated carbocycles. The van der Waals surface area contributed by atoms with Gasteiger partial charge >= 0.3 is 0 Å². The van der Waals surface area contributed by atoms with Crippen LogP contribution in [0, 0.1) is 0 Å². The molecule has 2 aromatic rings. The quantitative estimate of drug-likeness (QED) is 0.374. The third-order valence-corrected chi connectivity index (χ3v) is 6.17. The first-order valence-electron chi connectivity index (χ1n) is 11.8. The van der Waals surface area contributed by atoms with Gasteiger partial charge < -0.3 is 10.1 Å². The molecular weight excluding hydrogens is 432 g/mol. The molecule has 180 valence electrons. The predicted octanol–water partition coefficient (Wildman–Crippen LogP) is 6.08. The Morgan fingerprint density at radius 2 is 2.00 bits per heavy atom. The lowest BCUT2D eigenvalue weighted by molar-refractivity contribution is -0.116. The number of nitrogens with zero attached hydrogens (tertiary/aromatic N) is 3. The summed E-state index contributed by atoms with van der Waals surface area (Å²) >= 11 is 1.64. The number of thioether (sulfide) groups is 1. The molecule has 0 radical (unpaired) electrons. The van der Waals surface area contributed by atoms with Gasteiger partial charge in [0.1, 0.15) is 0 Å². The highest BCUT2D eigenvalue weighted by Gasteiger charge is 2.24. The van der Waals surface area contributed by atoms with Crippen molar-refractivity contribution < 1.29 is 9.53 Å². The van der Waals surface area contributed by atoms with Gasteiger partial charge in [0.2, 0.25) is 0 Å². The first kappa shape index (κ1) is 26.9. The predicted molar refractivity (Wildman–Crippen MR) is 138 cm³/mol. The molecule has 3 heterocycles. The number of amides is 1. The van der Waals surface area contributed by atoms with Crippen LogP contribution < -0.4 is 5.32 Å². The SMILES string of the molecule is C=Cc1c(/C(=C\C)C(=O)NC(CC)c2cncc(SC)c2)cnn1C1CCOCC1.CCC. The van der Waals surface area contributed by atoms with Crippen molar-refractivity contribution in [2.75, 3.05) is 19.5 Å². The van der Waals surface area contributed by atoms with Crippen molar-refractivity contribution in [2.45, 2.75) is 70.4 Å². The molecule has 1 atom stereocenters. The van der Waals surface area contributed by atoms with Gasteiger partial charge in [-0.25, -0.2) is 0 Å². The third-order valence-electron chi connectivity index (χ3n) is 5.47. The van der Waals surface area contributed by atoms with Crippen LogP contribution >= 0.6 is 11.8 Å². The van der Waals surface area contributed by atoms with E-state index < -0.39 is 0 Å². The average molecular weight is 471 g/mol. The summed E-state index contributed by atoms with van der Waals surface area (Å²) in [5, 5.41) is 7.77. The minimum atomic E-state index is -0.117. The summed E-state index contributed by atoms with van der Waals surface area (Å²) in [6.07, 6.45) is 14.9. The molecule has 1 aliphatic rings. The van der Waals surface area contributed by atoms with Gasteiger partial charge in [-0.1, -0.05) is 39.8 Å². The molecule has 1 fully saturated rings. The van der Waals surface area contributed by atoms with E-state index in [-0.39, 0.29) is 18.0 Å². The Labute approximate surface area is 202 Å². The van der Waals surface area contributed by atoms with E-state index in [0.717, 1.165) is 54.2 Å². The van der Waals surface area contributed by atoms with Crippen molar-refractivity contribution in [3.8, 4) is 0 Å². The molecule has 33 heavy (non-hydrogen) atoms. The van der Waals surface area contributed by atoms with E-state index in [4.69, 9.17) is 4.74 Å². The van der Waals surface area contributed by atoms with Crippen LogP contribution in [0.5, 0.6) is 0 Å². The maximum atomic E-state index is 13.2. The molecule has 6 nitrogen and oxygen atoms in total. The number of hydrogen-bond acceptors (Lipinski definition) is 5. The van der Waals surface area contributed by atoms with Gasteiger partial charge in [0.25, 0.3) is 5.91 Å². The molecular formula is C26H38N4O2S. The standard InChI is InChI=1S/C23H30N4O2S.C3H8/c1-5-19(20-15-25-27(22(20)7-3)17-8-10-29-11-9-17)23(28)26-21(6-2)16-12-18(30-4)14-24-13-16;1-3-2/h5,7,12-15,17,21H,3,6,8-11H2,1-2,4H3,(H,26,28);3H2,1-2H3/b19-5+;. The monoisotopic (exact) mass is 470 g/mol. The Morgan fingerprint density at radius 1 is 1.30 bits per heavy atom. The van der Waals surface area contributed by atoms with Crippen molar-refractivity contribution in [1.82, 2.24) is 20.1 Å². The fourth-order valence-electron chi connectivity index (χ4n) is 3.81. The summed E-state index contributed by atoms with van der Waals surface area (Å²) in [6.45, 7) is 13.6. The largest absolute Gasteiger partial charge is 0.381 e. The fraction of sp³-hybridized carbons (Fsp3) is 0.500. The Kier molecular flexibility index (Phi) is 11.4. The summed E-state index contributed by atoms with van der Waals surface area (Å²) in [5.74, 6) is -0.117. The van der Waals surface area contributed by atoms with E-state index in [1.54, 1.807) is 24.0 Å². The van der Waals surface area contributed by atoms with Crippen LogP contribution in [0.2, 0.25) is 0 Å². The summed E-state index contributed by atoms with van der Waals surface area (Å²) in [5.41, 5.74) is 3.30. The van der Waals surface area contributed by atoms with Crippen LogP contribution in [0.25, 0.3) is 11.6 Å². The topological polar surface area (TPSA) is 69.0 Å². The van der Waals surface area contributed by atoms with Gasteiger partial charge in [0.05, 0.1) is 24.0 Å². The van der Waals surface area contributed by atoms with Crippen LogP contribution in [0.3, 0.4) is 0 Å². The summed E-state index contributed by atoms with van der Waals surface area (Å²) in [4.78, 5) is 18.6. The molecule has 0 bridgehead atoms. The lowest BCUT2D eigenvalue weighted by Gasteiger charge is -2.24. The number of aromatic nitrogens is 3. The lowest BCUT2D eigenvalue weighted by Crippen LogP contribution is -2.29. The average Bonchev–Trinajstić information content (AvgIpc) is 3.27. The number of nitrogens with one attached hydrogen (secondary N) is 1. The minimum absolute atomic E-state index is 0.107. The molecule has 1 saturated heterocycles. The molecule has 1 unspecified atom stereocenters. The Bertz CT molecular complexity index is 932. The van der Waals surface area contributed by atoms with Crippen molar-refractivity contribution in [2.24, 2.45) is 0 Å². The molecule has 2 aromatic heterocycles. The summed E-state index contributed by atoms with van der Waals surface area (Å²) in [6, 6.07) is 2.25. The molecule has 0 aromatic carbocycles. The molecule has 1 aliphatic heterocycles. The number of allylic oxidation sites excluding steroid dienone is 1. The Morgan fingerprint density at radius 3 is 2.58 bits per heavy atom. The Balaban J connectivity index is 0.00000122. The van der Waals surface area contributed by atoms with E-state index >= 15 is 0 Å². The number of rotatable bonds is 8. The van der Waals surface area contributed by atoms with E-state index in [0.29, 0.717) is 5.57 Å². The third kappa shape index (κ3) is 7.05. The highest BCUT2D eigenvalue weighted by Crippen LogP contribution is 2.29. The van der Waals surface area contributed by atoms with Crippen LogP contribution in [-0.4, -0.2) is 40.1 Å². The molecule has 0 aliphatic carbocycles. The number of ether oxygens (including phenoxy) is 1. The smallest absolute Gasteiger partial charge is 0.252 e. The molecule has 3 rings (SSSR count). The normalized spacial score (nSPS) is 15.4. The van der Waals surface area contributed by atoms with Crippen molar-refractivity contribution >= 4 is 29.3 Å². The highest BCUT2D eigenvalue weighted by atomic mass is 32.2. The van der Waals surface area contributed by atoms with Gasteiger partial charge in [-0.05, 0) is 50.1 Å². The zero-order valence-electron chi connectivity index (χ0n) is 20.6. The first-order valence-corrected chi connectivity index (χ1v) is 13.0. The molecule has 0 spiro atoms. The Hall–Kier alpha value is -2.38.